The highest BCUT2D eigenvalue weighted by Gasteiger charge is 2.21. The summed E-state index contributed by atoms with van der Waals surface area (Å²) in [5, 5.41) is 2.97. The van der Waals surface area contributed by atoms with Crippen LogP contribution < -0.4 is 10.2 Å². The Bertz CT molecular complexity index is 459. The number of hydrogen-bond donors (Lipinski definition) is 2. The molecule has 1 amide bonds. The van der Waals surface area contributed by atoms with Crippen molar-refractivity contribution in [3.05, 3.63) is 29.0 Å². The Kier molecular flexibility index (Phi) is 4.77. The van der Waals surface area contributed by atoms with Gasteiger partial charge >= 0.3 is 0 Å². The maximum atomic E-state index is 12.9. The van der Waals surface area contributed by atoms with Crippen LogP contribution in [0.1, 0.15) is 19.8 Å². The topological polar surface area (TPSA) is 33.5 Å². The first kappa shape index (κ1) is 14.3. The zero-order chi connectivity index (χ0) is 13.8. The first-order valence-electron chi connectivity index (χ1n) is 6.63. The quantitative estimate of drug-likeness (QED) is 0.871. The molecule has 1 aromatic rings. The number of amides is 1. The molecular weight excluding hydrogens is 267 g/mol. The van der Waals surface area contributed by atoms with Gasteiger partial charge in [-0.2, -0.15) is 0 Å². The fraction of sp³-hybridized carbons (Fsp3) is 0.500. The van der Waals surface area contributed by atoms with Gasteiger partial charge in [0.15, 0.2) is 6.54 Å². The summed E-state index contributed by atoms with van der Waals surface area (Å²) in [6.45, 7) is 4.76. The molecule has 1 aliphatic heterocycles. The highest BCUT2D eigenvalue weighted by molar-refractivity contribution is 6.33. The molecule has 2 rings (SSSR count). The molecule has 1 aromatic carbocycles. The molecule has 0 atom stereocenters. The van der Waals surface area contributed by atoms with E-state index in [4.69, 9.17) is 11.6 Å². The van der Waals surface area contributed by atoms with Crippen LogP contribution in [0.3, 0.4) is 0 Å². The van der Waals surface area contributed by atoms with Gasteiger partial charge in [0, 0.05) is 0 Å². The van der Waals surface area contributed by atoms with Gasteiger partial charge in [0.1, 0.15) is 5.82 Å². The molecular formula is C14H19ClFN2O+. The van der Waals surface area contributed by atoms with Gasteiger partial charge in [-0.1, -0.05) is 18.5 Å². The van der Waals surface area contributed by atoms with E-state index in [0.29, 0.717) is 12.2 Å². The molecule has 5 heteroatoms. The third kappa shape index (κ3) is 4.18. The Morgan fingerprint density at radius 3 is 2.79 bits per heavy atom. The second kappa shape index (κ2) is 6.35. The number of likely N-dealkylation sites (tertiary alicyclic amines) is 1. The van der Waals surface area contributed by atoms with Crippen molar-refractivity contribution in [3.8, 4) is 0 Å². The lowest BCUT2D eigenvalue weighted by Crippen LogP contribution is -3.14. The summed E-state index contributed by atoms with van der Waals surface area (Å²) in [6.07, 6.45) is 2.33. The number of hydrogen-bond acceptors (Lipinski definition) is 1. The molecule has 2 N–H and O–H groups in total. The Labute approximate surface area is 117 Å². The van der Waals surface area contributed by atoms with Crippen molar-refractivity contribution in [3.63, 3.8) is 0 Å². The highest BCUT2D eigenvalue weighted by atomic mass is 35.5. The predicted octanol–water partition coefficient (Wildman–Crippen LogP) is 1.73. The van der Waals surface area contributed by atoms with Crippen LogP contribution in [0.4, 0.5) is 10.1 Å². The van der Waals surface area contributed by atoms with E-state index in [1.165, 1.54) is 35.9 Å². The van der Waals surface area contributed by atoms with E-state index < -0.39 is 5.82 Å². The number of piperidine rings is 1. The SMILES string of the molecule is CC1CC[NH+](CC(=O)Nc2ccc(F)cc2Cl)CC1. The molecule has 104 valence electrons. The predicted molar refractivity (Wildman–Crippen MR) is 74.0 cm³/mol. The summed E-state index contributed by atoms with van der Waals surface area (Å²) >= 11 is 5.87. The number of quaternary nitrogens is 1. The number of carbonyl (C=O) groups is 1. The van der Waals surface area contributed by atoms with Crippen molar-refractivity contribution >= 4 is 23.2 Å². The van der Waals surface area contributed by atoms with E-state index >= 15 is 0 Å². The minimum atomic E-state index is -0.404. The Balaban J connectivity index is 1.87. The number of benzene rings is 1. The Hall–Kier alpha value is -1.13. The van der Waals surface area contributed by atoms with Gasteiger partial charge < -0.3 is 10.2 Å². The van der Waals surface area contributed by atoms with Crippen molar-refractivity contribution in [1.29, 1.82) is 0 Å². The van der Waals surface area contributed by atoms with Gasteiger partial charge in [0.25, 0.3) is 5.91 Å². The van der Waals surface area contributed by atoms with Crippen LogP contribution in [-0.4, -0.2) is 25.5 Å². The molecule has 1 aliphatic rings. The van der Waals surface area contributed by atoms with E-state index in [1.807, 2.05) is 0 Å². The van der Waals surface area contributed by atoms with E-state index in [9.17, 15) is 9.18 Å². The first-order chi connectivity index (χ1) is 9.04. The van der Waals surface area contributed by atoms with Crippen LogP contribution in [0, 0.1) is 11.7 Å². The molecule has 0 spiro atoms. The summed E-state index contributed by atoms with van der Waals surface area (Å²) in [6, 6.07) is 3.98. The minimum absolute atomic E-state index is 0.0712. The third-order valence-electron chi connectivity index (χ3n) is 3.60. The smallest absolute Gasteiger partial charge is 0.279 e. The zero-order valence-electron chi connectivity index (χ0n) is 11.0. The van der Waals surface area contributed by atoms with Gasteiger partial charge in [0.05, 0.1) is 23.8 Å². The number of carbonyl (C=O) groups excluding carboxylic acids is 1. The maximum absolute atomic E-state index is 12.9. The van der Waals surface area contributed by atoms with Crippen molar-refractivity contribution in [2.45, 2.75) is 19.8 Å². The second-order valence-electron chi connectivity index (χ2n) is 5.28. The number of halogens is 2. The maximum Gasteiger partial charge on any atom is 0.279 e. The largest absolute Gasteiger partial charge is 0.327 e. The Morgan fingerprint density at radius 1 is 1.47 bits per heavy atom. The fourth-order valence-electron chi connectivity index (χ4n) is 2.36. The normalized spacial score (nSPS) is 23.1. The molecule has 1 heterocycles. The summed E-state index contributed by atoms with van der Waals surface area (Å²) in [5.41, 5.74) is 0.470. The molecule has 0 saturated carbocycles. The molecule has 1 saturated heterocycles. The van der Waals surface area contributed by atoms with E-state index in [-0.39, 0.29) is 10.9 Å². The van der Waals surface area contributed by atoms with E-state index in [2.05, 4.69) is 12.2 Å². The fourth-order valence-corrected chi connectivity index (χ4v) is 2.57. The lowest BCUT2D eigenvalue weighted by atomic mass is 9.99. The average molecular weight is 286 g/mol. The van der Waals surface area contributed by atoms with Crippen molar-refractivity contribution in [2.24, 2.45) is 5.92 Å². The second-order valence-corrected chi connectivity index (χ2v) is 5.69. The standard InChI is InChI=1S/C14H18ClFN2O/c1-10-4-6-18(7-5-10)9-14(19)17-13-3-2-11(16)8-12(13)15/h2-3,8,10H,4-7,9H2,1H3,(H,17,19)/p+1. The van der Waals surface area contributed by atoms with Crippen molar-refractivity contribution in [2.75, 3.05) is 25.0 Å². The van der Waals surface area contributed by atoms with Crippen LogP contribution in [-0.2, 0) is 4.79 Å². The molecule has 3 nitrogen and oxygen atoms in total. The first-order valence-corrected chi connectivity index (χ1v) is 7.01. The Morgan fingerprint density at radius 2 is 2.16 bits per heavy atom. The monoisotopic (exact) mass is 285 g/mol. The van der Waals surface area contributed by atoms with Gasteiger partial charge in [0.2, 0.25) is 0 Å². The van der Waals surface area contributed by atoms with Gasteiger partial charge in [-0.15, -0.1) is 0 Å². The lowest BCUT2D eigenvalue weighted by Gasteiger charge is -2.26. The van der Waals surface area contributed by atoms with E-state index in [1.54, 1.807) is 0 Å². The molecule has 1 fully saturated rings. The number of anilines is 1. The van der Waals surface area contributed by atoms with Crippen molar-refractivity contribution in [1.82, 2.24) is 0 Å². The van der Waals surface area contributed by atoms with E-state index in [0.717, 1.165) is 19.0 Å². The zero-order valence-corrected chi connectivity index (χ0v) is 11.8. The number of rotatable bonds is 3. The molecule has 0 aliphatic carbocycles. The third-order valence-corrected chi connectivity index (χ3v) is 3.91. The molecule has 0 aromatic heterocycles. The van der Waals surface area contributed by atoms with Gasteiger partial charge in [-0.3, -0.25) is 4.79 Å². The molecule has 0 radical (unpaired) electrons. The van der Waals surface area contributed by atoms with Crippen LogP contribution in [0.15, 0.2) is 18.2 Å². The van der Waals surface area contributed by atoms with Crippen molar-refractivity contribution < 1.29 is 14.1 Å². The summed E-state index contributed by atoms with van der Waals surface area (Å²) in [7, 11) is 0. The molecule has 0 unspecified atom stereocenters. The molecule has 0 bridgehead atoms. The summed E-state index contributed by atoms with van der Waals surface area (Å²) < 4.78 is 12.9. The van der Waals surface area contributed by atoms with Crippen LogP contribution in [0.2, 0.25) is 5.02 Å². The van der Waals surface area contributed by atoms with Crippen LogP contribution >= 0.6 is 11.6 Å². The molecule has 19 heavy (non-hydrogen) atoms. The highest BCUT2D eigenvalue weighted by Crippen LogP contribution is 2.22. The lowest BCUT2D eigenvalue weighted by molar-refractivity contribution is -0.897. The van der Waals surface area contributed by atoms with Gasteiger partial charge in [-0.25, -0.2) is 4.39 Å². The minimum Gasteiger partial charge on any atom is -0.327 e. The number of nitrogens with one attached hydrogen (secondary N) is 2. The summed E-state index contributed by atoms with van der Waals surface area (Å²) in [5.74, 6) is 0.287. The van der Waals surface area contributed by atoms with Crippen LogP contribution in [0.5, 0.6) is 0 Å². The van der Waals surface area contributed by atoms with Crippen LogP contribution in [0.25, 0.3) is 0 Å². The average Bonchev–Trinajstić information content (AvgIpc) is 2.36. The van der Waals surface area contributed by atoms with Gasteiger partial charge in [-0.05, 0) is 37.0 Å². The summed E-state index contributed by atoms with van der Waals surface area (Å²) in [4.78, 5) is 13.2.